The summed E-state index contributed by atoms with van der Waals surface area (Å²) in [5, 5.41) is 3.58. The molecule has 0 radical (unpaired) electrons. The standard InChI is InChI=1S/C16H27NO/c1-5-7-12-18-16-10-8-15(9-11-16)14(4)17-13(3)6-2/h8-11,13-14,17H,5-7,12H2,1-4H3. The third-order valence-electron chi connectivity index (χ3n) is 3.29. The van der Waals surface area contributed by atoms with Crippen molar-refractivity contribution < 1.29 is 4.74 Å². The summed E-state index contributed by atoms with van der Waals surface area (Å²) in [7, 11) is 0. The zero-order valence-corrected chi connectivity index (χ0v) is 12.2. The molecule has 0 aliphatic carbocycles. The van der Waals surface area contributed by atoms with Gasteiger partial charge in [0.05, 0.1) is 6.61 Å². The second kappa shape index (κ2) is 8.15. The van der Waals surface area contributed by atoms with Gasteiger partial charge in [0.2, 0.25) is 0 Å². The van der Waals surface area contributed by atoms with Crippen molar-refractivity contribution in [3.63, 3.8) is 0 Å². The predicted molar refractivity (Wildman–Crippen MR) is 78.1 cm³/mol. The molecule has 0 saturated heterocycles. The van der Waals surface area contributed by atoms with Gasteiger partial charge in [-0.1, -0.05) is 32.4 Å². The van der Waals surface area contributed by atoms with Gasteiger partial charge in [-0.25, -0.2) is 0 Å². The molecule has 0 heterocycles. The number of rotatable bonds is 8. The maximum atomic E-state index is 5.66. The van der Waals surface area contributed by atoms with Gasteiger partial charge in [-0.05, 0) is 44.4 Å². The molecule has 2 nitrogen and oxygen atoms in total. The van der Waals surface area contributed by atoms with Gasteiger partial charge < -0.3 is 10.1 Å². The Morgan fingerprint density at radius 2 is 1.78 bits per heavy atom. The summed E-state index contributed by atoms with van der Waals surface area (Å²) in [6, 6.07) is 9.40. The number of hydrogen-bond donors (Lipinski definition) is 1. The first-order chi connectivity index (χ1) is 8.67. The topological polar surface area (TPSA) is 21.3 Å². The molecule has 2 atom stereocenters. The van der Waals surface area contributed by atoms with Crippen molar-refractivity contribution in [2.24, 2.45) is 0 Å². The molecule has 2 unspecified atom stereocenters. The highest BCUT2D eigenvalue weighted by Gasteiger charge is 2.07. The molecule has 0 aliphatic rings. The van der Waals surface area contributed by atoms with Crippen LogP contribution >= 0.6 is 0 Å². The van der Waals surface area contributed by atoms with Crippen molar-refractivity contribution in [1.82, 2.24) is 5.32 Å². The highest BCUT2D eigenvalue weighted by Crippen LogP contribution is 2.18. The Labute approximate surface area is 112 Å². The average molecular weight is 249 g/mol. The minimum Gasteiger partial charge on any atom is -0.494 e. The third-order valence-corrected chi connectivity index (χ3v) is 3.29. The SMILES string of the molecule is CCCCOc1ccc(C(C)NC(C)CC)cc1. The van der Waals surface area contributed by atoms with E-state index in [1.165, 1.54) is 12.0 Å². The number of hydrogen-bond acceptors (Lipinski definition) is 2. The van der Waals surface area contributed by atoms with Crippen LogP contribution in [-0.4, -0.2) is 12.6 Å². The van der Waals surface area contributed by atoms with E-state index < -0.39 is 0 Å². The van der Waals surface area contributed by atoms with E-state index in [1.54, 1.807) is 0 Å². The zero-order chi connectivity index (χ0) is 13.4. The van der Waals surface area contributed by atoms with Crippen molar-refractivity contribution in [3.8, 4) is 5.75 Å². The highest BCUT2D eigenvalue weighted by molar-refractivity contribution is 5.28. The summed E-state index contributed by atoms with van der Waals surface area (Å²) in [6.07, 6.45) is 3.45. The molecule has 1 aromatic rings. The van der Waals surface area contributed by atoms with Gasteiger partial charge in [-0.2, -0.15) is 0 Å². The molecule has 0 spiro atoms. The smallest absolute Gasteiger partial charge is 0.119 e. The molecule has 0 fully saturated rings. The first-order valence-electron chi connectivity index (χ1n) is 7.16. The Morgan fingerprint density at radius 1 is 1.11 bits per heavy atom. The lowest BCUT2D eigenvalue weighted by Crippen LogP contribution is -2.28. The molecular formula is C16H27NO. The molecule has 0 amide bonds. The van der Waals surface area contributed by atoms with Crippen LogP contribution < -0.4 is 10.1 Å². The normalized spacial score (nSPS) is 14.2. The minimum atomic E-state index is 0.393. The summed E-state index contributed by atoms with van der Waals surface area (Å²) in [5.74, 6) is 0.975. The van der Waals surface area contributed by atoms with Gasteiger partial charge in [0.25, 0.3) is 0 Å². The van der Waals surface area contributed by atoms with Crippen LogP contribution in [0.4, 0.5) is 0 Å². The minimum absolute atomic E-state index is 0.393. The van der Waals surface area contributed by atoms with Gasteiger partial charge in [-0.3, -0.25) is 0 Å². The van der Waals surface area contributed by atoms with Crippen molar-refractivity contribution in [2.45, 2.75) is 59.0 Å². The van der Waals surface area contributed by atoms with E-state index in [1.807, 2.05) is 0 Å². The van der Waals surface area contributed by atoms with Gasteiger partial charge in [0.15, 0.2) is 0 Å². The fourth-order valence-electron chi connectivity index (χ4n) is 1.83. The Morgan fingerprint density at radius 3 is 2.33 bits per heavy atom. The molecule has 0 bridgehead atoms. The number of unbranched alkanes of at least 4 members (excludes halogenated alkanes) is 1. The lowest BCUT2D eigenvalue weighted by atomic mass is 10.1. The average Bonchev–Trinajstić information content (AvgIpc) is 2.39. The first-order valence-corrected chi connectivity index (χ1v) is 7.16. The predicted octanol–water partition coefficient (Wildman–Crippen LogP) is 4.31. The summed E-state index contributed by atoms with van der Waals surface area (Å²) in [4.78, 5) is 0. The van der Waals surface area contributed by atoms with Crippen LogP contribution in [0, 0.1) is 0 Å². The van der Waals surface area contributed by atoms with Crippen molar-refractivity contribution >= 4 is 0 Å². The van der Waals surface area contributed by atoms with Crippen LogP contribution in [0.5, 0.6) is 5.75 Å². The van der Waals surface area contributed by atoms with Crippen LogP contribution in [0.3, 0.4) is 0 Å². The van der Waals surface area contributed by atoms with Gasteiger partial charge in [-0.15, -0.1) is 0 Å². The molecule has 0 aliphatic heterocycles. The summed E-state index contributed by atoms with van der Waals surface area (Å²) >= 11 is 0. The van der Waals surface area contributed by atoms with E-state index in [0.29, 0.717) is 12.1 Å². The van der Waals surface area contributed by atoms with E-state index in [0.717, 1.165) is 25.2 Å². The largest absolute Gasteiger partial charge is 0.494 e. The van der Waals surface area contributed by atoms with E-state index in [4.69, 9.17) is 4.74 Å². The van der Waals surface area contributed by atoms with E-state index in [9.17, 15) is 0 Å². The fourth-order valence-corrected chi connectivity index (χ4v) is 1.83. The first kappa shape index (κ1) is 15.0. The third kappa shape index (κ3) is 5.09. The second-order valence-electron chi connectivity index (χ2n) is 4.97. The van der Waals surface area contributed by atoms with Crippen molar-refractivity contribution in [3.05, 3.63) is 29.8 Å². The number of nitrogens with one attached hydrogen (secondary N) is 1. The van der Waals surface area contributed by atoms with Crippen LogP contribution in [0.1, 0.15) is 58.6 Å². The quantitative estimate of drug-likeness (QED) is 0.693. The monoisotopic (exact) mass is 249 g/mol. The Kier molecular flexibility index (Phi) is 6.81. The number of ether oxygens (including phenoxy) is 1. The molecule has 0 saturated carbocycles. The van der Waals surface area contributed by atoms with Crippen LogP contribution in [0.15, 0.2) is 24.3 Å². The van der Waals surface area contributed by atoms with Crippen LogP contribution in [0.2, 0.25) is 0 Å². The van der Waals surface area contributed by atoms with E-state index >= 15 is 0 Å². The molecule has 1 rings (SSSR count). The zero-order valence-electron chi connectivity index (χ0n) is 12.2. The molecule has 2 heteroatoms. The number of benzene rings is 1. The highest BCUT2D eigenvalue weighted by atomic mass is 16.5. The van der Waals surface area contributed by atoms with Crippen LogP contribution in [0.25, 0.3) is 0 Å². The Balaban J connectivity index is 2.48. The Hall–Kier alpha value is -1.02. The maximum absolute atomic E-state index is 5.66. The lowest BCUT2D eigenvalue weighted by Gasteiger charge is -2.19. The summed E-state index contributed by atoms with van der Waals surface area (Å²) < 4.78 is 5.66. The molecule has 0 aromatic heterocycles. The lowest BCUT2D eigenvalue weighted by molar-refractivity contribution is 0.309. The van der Waals surface area contributed by atoms with Crippen LogP contribution in [-0.2, 0) is 0 Å². The molecule has 18 heavy (non-hydrogen) atoms. The van der Waals surface area contributed by atoms with Crippen molar-refractivity contribution in [2.75, 3.05) is 6.61 Å². The Bertz CT molecular complexity index is 320. The fraction of sp³-hybridized carbons (Fsp3) is 0.625. The molecule has 1 aromatic carbocycles. The molecule has 1 N–H and O–H groups in total. The molecule has 102 valence electrons. The summed E-state index contributed by atoms with van der Waals surface area (Å²) in [6.45, 7) is 9.62. The summed E-state index contributed by atoms with van der Waals surface area (Å²) in [5.41, 5.74) is 1.32. The van der Waals surface area contributed by atoms with Gasteiger partial charge in [0, 0.05) is 12.1 Å². The second-order valence-corrected chi connectivity index (χ2v) is 4.97. The van der Waals surface area contributed by atoms with E-state index in [2.05, 4.69) is 57.3 Å². The molecular weight excluding hydrogens is 222 g/mol. The van der Waals surface area contributed by atoms with Crippen molar-refractivity contribution in [1.29, 1.82) is 0 Å². The van der Waals surface area contributed by atoms with Gasteiger partial charge in [0.1, 0.15) is 5.75 Å². The van der Waals surface area contributed by atoms with Gasteiger partial charge >= 0.3 is 0 Å². The van der Waals surface area contributed by atoms with E-state index in [-0.39, 0.29) is 0 Å². The maximum Gasteiger partial charge on any atom is 0.119 e.